The topological polar surface area (TPSA) is 3.88 Å². The number of hydrogen-bond acceptors (Lipinski definition) is 0. The minimum absolute atomic E-state index is 1.26. The van der Waals surface area contributed by atoms with E-state index in [0.717, 1.165) is 0 Å². The van der Waals surface area contributed by atoms with Crippen LogP contribution in [0.3, 0.4) is 0 Å². The molecular formula is C7H10BN+. The molecule has 0 saturated heterocycles. The van der Waals surface area contributed by atoms with Gasteiger partial charge in [-0.2, -0.15) is 0 Å². The van der Waals surface area contributed by atoms with Crippen LogP contribution in [0, 0.1) is 6.92 Å². The van der Waals surface area contributed by atoms with Gasteiger partial charge < -0.3 is 0 Å². The Hall–Kier alpha value is -0.785. The Morgan fingerprint density at radius 2 is 2.22 bits per heavy atom. The molecule has 9 heavy (non-hydrogen) atoms. The Balaban J connectivity index is 3.01. The molecule has 1 radical (unpaired) electrons. The smallest absolute Gasteiger partial charge is 0.289 e. The van der Waals surface area contributed by atoms with Gasteiger partial charge in [0.2, 0.25) is 0 Å². The van der Waals surface area contributed by atoms with Gasteiger partial charge in [-0.15, -0.1) is 0 Å². The van der Waals surface area contributed by atoms with Crippen molar-refractivity contribution in [2.24, 2.45) is 0 Å². The zero-order chi connectivity index (χ0) is 6.69. The summed E-state index contributed by atoms with van der Waals surface area (Å²) in [6.07, 6.45) is 2.04. The first-order valence-electron chi connectivity index (χ1n) is 3.11. The lowest BCUT2D eigenvalue weighted by Crippen LogP contribution is -2.40. The van der Waals surface area contributed by atoms with Crippen molar-refractivity contribution >= 4 is 7.41 Å². The van der Waals surface area contributed by atoms with Crippen LogP contribution in [-0.2, 0) is 0 Å². The highest BCUT2D eigenvalue weighted by atomic mass is 14.8. The van der Waals surface area contributed by atoms with Gasteiger partial charge in [0.1, 0.15) is 6.20 Å². The van der Waals surface area contributed by atoms with Crippen LogP contribution in [0.25, 0.3) is 0 Å². The second-order valence-corrected chi connectivity index (χ2v) is 2.01. The summed E-state index contributed by atoms with van der Waals surface area (Å²) in [6, 6.07) is 6.14. The third-order valence-electron chi connectivity index (χ3n) is 1.38. The van der Waals surface area contributed by atoms with Gasteiger partial charge in [0.05, 0.1) is 0 Å². The Morgan fingerprint density at radius 3 is 2.67 bits per heavy atom. The third kappa shape index (κ3) is 1.32. The highest BCUT2D eigenvalue weighted by molar-refractivity contribution is 6.22. The first kappa shape index (κ1) is 6.34. The summed E-state index contributed by atoms with van der Waals surface area (Å²) in [7, 11) is 2.04. The van der Waals surface area contributed by atoms with Crippen molar-refractivity contribution in [3.05, 3.63) is 30.1 Å². The molecule has 0 aliphatic carbocycles. The summed E-state index contributed by atoms with van der Waals surface area (Å²) in [6.45, 7) is 4.10. The molecule has 0 amide bonds. The normalized spacial score (nSPS) is 9.11. The predicted octanol–water partition coefficient (Wildman–Crippen LogP) is 0.798. The van der Waals surface area contributed by atoms with Crippen molar-refractivity contribution in [3.63, 3.8) is 0 Å². The summed E-state index contributed by atoms with van der Waals surface area (Å²) < 4.78 is 2.08. The molecule has 0 unspecified atom stereocenters. The second-order valence-electron chi connectivity index (χ2n) is 2.01. The number of rotatable bonds is 1. The molecule has 0 atom stereocenters. The Labute approximate surface area is 56.6 Å². The first-order chi connectivity index (χ1) is 4.34. The standard InChI is InChI=1S/C7H10BN/c1-7-5-3-4-6-9(7)8-2/h3-6H,1-2H3/q+1. The van der Waals surface area contributed by atoms with E-state index >= 15 is 0 Å². The van der Waals surface area contributed by atoms with Crippen molar-refractivity contribution in [2.45, 2.75) is 13.7 Å². The van der Waals surface area contributed by atoms with Crippen molar-refractivity contribution in [1.29, 1.82) is 0 Å². The molecule has 1 nitrogen and oxygen atoms in total. The van der Waals surface area contributed by atoms with E-state index < -0.39 is 0 Å². The van der Waals surface area contributed by atoms with Crippen LogP contribution in [0.5, 0.6) is 0 Å². The van der Waals surface area contributed by atoms with E-state index in [2.05, 4.69) is 17.5 Å². The summed E-state index contributed by atoms with van der Waals surface area (Å²) >= 11 is 0. The van der Waals surface area contributed by atoms with E-state index in [0.29, 0.717) is 0 Å². The average Bonchev–Trinajstić information content (AvgIpc) is 1.89. The zero-order valence-electron chi connectivity index (χ0n) is 5.83. The third-order valence-corrected chi connectivity index (χ3v) is 1.38. The lowest BCUT2D eigenvalue weighted by Gasteiger charge is -1.91. The average molecular weight is 119 g/mol. The van der Waals surface area contributed by atoms with Gasteiger partial charge in [0.25, 0.3) is 0 Å². The van der Waals surface area contributed by atoms with Crippen molar-refractivity contribution in [2.75, 3.05) is 0 Å². The quantitative estimate of drug-likeness (QED) is 0.481. The molecule has 0 bridgehead atoms. The molecule has 0 aliphatic heterocycles. The molecule has 0 fully saturated rings. The maximum atomic E-state index is 2.08. The van der Waals surface area contributed by atoms with Gasteiger partial charge in [0, 0.05) is 13.0 Å². The van der Waals surface area contributed by atoms with Gasteiger partial charge in [-0.3, -0.25) is 4.48 Å². The van der Waals surface area contributed by atoms with Crippen molar-refractivity contribution in [1.82, 2.24) is 0 Å². The van der Waals surface area contributed by atoms with E-state index in [1.54, 1.807) is 0 Å². The molecule has 1 aromatic rings. The van der Waals surface area contributed by atoms with Crippen LogP contribution in [-0.4, -0.2) is 7.41 Å². The van der Waals surface area contributed by atoms with Crippen LogP contribution in [0.2, 0.25) is 6.82 Å². The van der Waals surface area contributed by atoms with E-state index in [1.807, 2.05) is 32.6 Å². The van der Waals surface area contributed by atoms with Gasteiger partial charge in [-0.05, 0) is 12.9 Å². The summed E-state index contributed by atoms with van der Waals surface area (Å²) in [5.74, 6) is 0. The lowest BCUT2D eigenvalue weighted by atomic mass is 9.98. The molecule has 1 heterocycles. The molecular weight excluding hydrogens is 109 g/mol. The Morgan fingerprint density at radius 1 is 1.44 bits per heavy atom. The Kier molecular flexibility index (Phi) is 1.88. The first-order valence-corrected chi connectivity index (χ1v) is 3.11. The van der Waals surface area contributed by atoms with E-state index in [4.69, 9.17) is 0 Å². The molecule has 0 aliphatic rings. The SMILES string of the molecule is C[B][n+]1ccccc1C. The number of hydrogen-bond donors (Lipinski definition) is 0. The minimum atomic E-state index is 1.26. The fourth-order valence-electron chi connectivity index (χ4n) is 0.831. The number of nitrogens with zero attached hydrogens (tertiary/aromatic N) is 1. The van der Waals surface area contributed by atoms with Crippen molar-refractivity contribution < 1.29 is 4.48 Å². The zero-order valence-corrected chi connectivity index (χ0v) is 5.83. The number of aryl methyl sites for hydroxylation is 1. The number of pyridine rings is 1. The molecule has 0 aromatic carbocycles. The second kappa shape index (κ2) is 2.67. The number of aromatic nitrogens is 1. The van der Waals surface area contributed by atoms with Crippen molar-refractivity contribution in [3.8, 4) is 0 Å². The van der Waals surface area contributed by atoms with E-state index in [9.17, 15) is 0 Å². The lowest BCUT2D eigenvalue weighted by molar-refractivity contribution is -0.536. The summed E-state index contributed by atoms with van der Waals surface area (Å²) in [5, 5.41) is 0. The van der Waals surface area contributed by atoms with Crippen LogP contribution in [0.1, 0.15) is 5.69 Å². The minimum Gasteiger partial charge on any atom is -0.289 e. The van der Waals surface area contributed by atoms with Gasteiger partial charge in [0.15, 0.2) is 5.69 Å². The molecule has 2 heteroatoms. The molecule has 0 N–H and O–H groups in total. The highest BCUT2D eigenvalue weighted by Crippen LogP contribution is 1.84. The molecule has 0 saturated carbocycles. The van der Waals surface area contributed by atoms with Gasteiger partial charge in [-0.1, -0.05) is 6.07 Å². The van der Waals surface area contributed by atoms with Crippen LogP contribution < -0.4 is 4.48 Å². The fourth-order valence-corrected chi connectivity index (χ4v) is 0.831. The largest absolute Gasteiger partial charge is 0.536 e. The van der Waals surface area contributed by atoms with E-state index in [-0.39, 0.29) is 0 Å². The van der Waals surface area contributed by atoms with Gasteiger partial charge >= 0.3 is 7.41 Å². The Bertz CT molecular complexity index is 198. The predicted molar refractivity (Wildman–Crippen MR) is 38.4 cm³/mol. The molecule has 45 valence electrons. The highest BCUT2D eigenvalue weighted by Gasteiger charge is 2.01. The summed E-state index contributed by atoms with van der Waals surface area (Å²) in [4.78, 5) is 0. The maximum absolute atomic E-state index is 2.08. The maximum Gasteiger partial charge on any atom is 0.536 e. The molecule has 1 aromatic heterocycles. The van der Waals surface area contributed by atoms with E-state index in [1.165, 1.54) is 5.69 Å². The summed E-state index contributed by atoms with van der Waals surface area (Å²) in [5.41, 5.74) is 1.26. The van der Waals surface area contributed by atoms with Crippen LogP contribution in [0.15, 0.2) is 24.4 Å². The van der Waals surface area contributed by atoms with Crippen LogP contribution >= 0.6 is 0 Å². The van der Waals surface area contributed by atoms with Gasteiger partial charge in [-0.25, -0.2) is 0 Å². The van der Waals surface area contributed by atoms with Crippen LogP contribution in [0.4, 0.5) is 0 Å². The molecule has 1 rings (SSSR count). The fraction of sp³-hybridized carbons (Fsp3) is 0.286. The monoisotopic (exact) mass is 119 g/mol. The molecule has 0 spiro atoms.